The van der Waals surface area contributed by atoms with Crippen molar-refractivity contribution < 1.29 is 8.81 Å². The molecule has 0 atom stereocenters. The fraction of sp³-hybridized carbons (Fsp3) is 0.308. The topological polar surface area (TPSA) is 38.1 Å². The van der Waals surface area contributed by atoms with Crippen LogP contribution in [0, 0.1) is 5.82 Å². The smallest absolute Gasteiger partial charge is 0.208 e. The van der Waals surface area contributed by atoms with E-state index in [1.807, 2.05) is 0 Å². The number of hydrogen-bond donors (Lipinski definition) is 1. The number of aromatic nitrogens is 1. The van der Waals surface area contributed by atoms with E-state index in [2.05, 4.69) is 10.3 Å². The molecular formula is C13H12ClFN2O. The van der Waals surface area contributed by atoms with E-state index in [4.69, 9.17) is 16.0 Å². The highest BCUT2D eigenvalue weighted by Crippen LogP contribution is 2.30. The summed E-state index contributed by atoms with van der Waals surface area (Å²) >= 11 is 5.90. The third-order valence-electron chi connectivity index (χ3n) is 2.89. The second-order valence-electron chi connectivity index (χ2n) is 4.37. The van der Waals surface area contributed by atoms with Crippen molar-refractivity contribution in [3.8, 4) is 11.3 Å². The average Bonchev–Trinajstić information content (AvgIpc) is 3.08. The van der Waals surface area contributed by atoms with Crippen molar-refractivity contribution in [1.82, 2.24) is 10.3 Å². The van der Waals surface area contributed by atoms with Gasteiger partial charge in [0, 0.05) is 11.6 Å². The predicted octanol–water partition coefficient (Wildman–Crippen LogP) is 3.39. The standard InChI is InChI=1S/C13H12ClFN2O/c14-13-9(2-1-3-10(13)15)11-6-17-12(18-11)7-16-8-4-5-8/h1-3,6,8,16H,4-5,7H2. The van der Waals surface area contributed by atoms with Gasteiger partial charge >= 0.3 is 0 Å². The van der Waals surface area contributed by atoms with E-state index in [9.17, 15) is 4.39 Å². The van der Waals surface area contributed by atoms with Crippen molar-refractivity contribution in [3.63, 3.8) is 0 Å². The van der Waals surface area contributed by atoms with Crippen molar-refractivity contribution in [3.05, 3.63) is 41.1 Å². The zero-order valence-corrected chi connectivity index (χ0v) is 10.4. The molecule has 1 aromatic heterocycles. The lowest BCUT2D eigenvalue weighted by Gasteiger charge is -2.01. The Labute approximate surface area is 109 Å². The molecule has 1 saturated carbocycles. The summed E-state index contributed by atoms with van der Waals surface area (Å²) in [5.74, 6) is 0.632. The third kappa shape index (κ3) is 2.40. The van der Waals surface area contributed by atoms with Gasteiger partial charge in [-0.15, -0.1) is 0 Å². The van der Waals surface area contributed by atoms with Gasteiger partial charge in [0.2, 0.25) is 5.89 Å². The molecule has 1 aliphatic rings. The van der Waals surface area contributed by atoms with Crippen LogP contribution >= 0.6 is 11.6 Å². The minimum Gasteiger partial charge on any atom is -0.439 e. The molecule has 1 fully saturated rings. The third-order valence-corrected chi connectivity index (χ3v) is 3.27. The van der Waals surface area contributed by atoms with E-state index in [1.165, 1.54) is 18.9 Å². The minimum absolute atomic E-state index is 0.0651. The Bertz CT molecular complexity index is 566. The molecule has 1 N–H and O–H groups in total. The molecule has 0 amide bonds. The van der Waals surface area contributed by atoms with E-state index < -0.39 is 5.82 Å². The first-order chi connectivity index (χ1) is 8.74. The maximum absolute atomic E-state index is 13.3. The van der Waals surface area contributed by atoms with Crippen molar-refractivity contribution in [2.45, 2.75) is 25.4 Å². The van der Waals surface area contributed by atoms with Crippen LogP contribution in [0.3, 0.4) is 0 Å². The summed E-state index contributed by atoms with van der Waals surface area (Å²) in [6.07, 6.45) is 4.00. The van der Waals surface area contributed by atoms with Gasteiger partial charge in [0.1, 0.15) is 5.82 Å². The molecule has 0 unspecified atom stereocenters. The van der Waals surface area contributed by atoms with E-state index in [0.717, 1.165) is 0 Å². The van der Waals surface area contributed by atoms with Crippen molar-refractivity contribution in [1.29, 1.82) is 0 Å². The van der Waals surface area contributed by atoms with Crippen LogP contribution in [0.4, 0.5) is 4.39 Å². The first kappa shape index (κ1) is 11.7. The number of nitrogens with one attached hydrogen (secondary N) is 1. The number of benzene rings is 1. The molecule has 0 spiro atoms. The van der Waals surface area contributed by atoms with E-state index >= 15 is 0 Å². The van der Waals surface area contributed by atoms with E-state index in [-0.39, 0.29) is 5.02 Å². The lowest BCUT2D eigenvalue weighted by Crippen LogP contribution is -2.15. The molecule has 94 valence electrons. The highest BCUT2D eigenvalue weighted by atomic mass is 35.5. The summed E-state index contributed by atoms with van der Waals surface area (Å²) < 4.78 is 18.9. The van der Waals surface area contributed by atoms with Gasteiger partial charge in [0.25, 0.3) is 0 Å². The van der Waals surface area contributed by atoms with Gasteiger partial charge < -0.3 is 9.73 Å². The zero-order valence-electron chi connectivity index (χ0n) is 9.62. The molecule has 3 nitrogen and oxygen atoms in total. The summed E-state index contributed by atoms with van der Waals surface area (Å²) in [6, 6.07) is 5.22. The van der Waals surface area contributed by atoms with Crippen LogP contribution in [-0.2, 0) is 6.54 Å². The number of nitrogens with zero attached hydrogens (tertiary/aromatic N) is 1. The van der Waals surface area contributed by atoms with Crippen LogP contribution in [-0.4, -0.2) is 11.0 Å². The van der Waals surface area contributed by atoms with Crippen molar-refractivity contribution in [2.24, 2.45) is 0 Å². The van der Waals surface area contributed by atoms with Gasteiger partial charge in [0.15, 0.2) is 5.76 Å². The number of rotatable bonds is 4. The van der Waals surface area contributed by atoms with Gasteiger partial charge in [-0.25, -0.2) is 9.37 Å². The van der Waals surface area contributed by atoms with Gasteiger partial charge in [-0.2, -0.15) is 0 Å². The number of halogens is 2. The molecule has 3 rings (SSSR count). The summed E-state index contributed by atoms with van der Waals surface area (Å²) in [5.41, 5.74) is 0.529. The monoisotopic (exact) mass is 266 g/mol. The maximum Gasteiger partial charge on any atom is 0.208 e. The number of oxazole rings is 1. The fourth-order valence-corrected chi connectivity index (χ4v) is 1.95. The Kier molecular flexibility index (Phi) is 3.06. The molecule has 1 heterocycles. The van der Waals surface area contributed by atoms with Gasteiger partial charge in [-0.05, 0) is 25.0 Å². The quantitative estimate of drug-likeness (QED) is 0.922. The molecule has 0 radical (unpaired) electrons. The van der Waals surface area contributed by atoms with E-state index in [1.54, 1.807) is 18.3 Å². The maximum atomic E-state index is 13.3. The summed E-state index contributed by atoms with van der Waals surface area (Å²) in [6.45, 7) is 0.595. The molecule has 5 heteroatoms. The Morgan fingerprint density at radius 2 is 2.28 bits per heavy atom. The molecule has 1 aromatic carbocycles. The van der Waals surface area contributed by atoms with Gasteiger partial charge in [0.05, 0.1) is 17.8 Å². The van der Waals surface area contributed by atoms with Crippen LogP contribution in [0.1, 0.15) is 18.7 Å². The normalized spacial score (nSPS) is 15.0. The van der Waals surface area contributed by atoms with Crippen LogP contribution in [0.15, 0.2) is 28.8 Å². The SMILES string of the molecule is Fc1cccc(-c2cnc(CNC3CC3)o2)c1Cl. The molecule has 0 aliphatic heterocycles. The van der Waals surface area contributed by atoms with Gasteiger partial charge in [-0.1, -0.05) is 17.7 Å². The summed E-state index contributed by atoms with van der Waals surface area (Å²) in [4.78, 5) is 4.15. The van der Waals surface area contributed by atoms with Crippen LogP contribution in [0.5, 0.6) is 0 Å². The van der Waals surface area contributed by atoms with Crippen LogP contribution in [0.25, 0.3) is 11.3 Å². The first-order valence-electron chi connectivity index (χ1n) is 5.86. The first-order valence-corrected chi connectivity index (χ1v) is 6.24. The number of hydrogen-bond acceptors (Lipinski definition) is 3. The highest BCUT2D eigenvalue weighted by Gasteiger charge is 2.21. The van der Waals surface area contributed by atoms with Crippen LogP contribution in [0.2, 0.25) is 5.02 Å². The predicted molar refractivity (Wildman–Crippen MR) is 66.8 cm³/mol. The lowest BCUT2D eigenvalue weighted by molar-refractivity contribution is 0.476. The fourth-order valence-electron chi connectivity index (χ4n) is 1.73. The second-order valence-corrected chi connectivity index (χ2v) is 4.75. The Morgan fingerprint density at radius 1 is 1.44 bits per heavy atom. The van der Waals surface area contributed by atoms with Crippen molar-refractivity contribution >= 4 is 11.6 Å². The van der Waals surface area contributed by atoms with Gasteiger partial charge in [-0.3, -0.25) is 0 Å². The Balaban J connectivity index is 1.80. The highest BCUT2D eigenvalue weighted by molar-refractivity contribution is 6.33. The molecule has 1 aliphatic carbocycles. The zero-order chi connectivity index (χ0) is 12.5. The van der Waals surface area contributed by atoms with Crippen molar-refractivity contribution in [2.75, 3.05) is 0 Å². The average molecular weight is 267 g/mol. The molecule has 18 heavy (non-hydrogen) atoms. The Morgan fingerprint density at radius 3 is 3.06 bits per heavy atom. The van der Waals surface area contributed by atoms with E-state index in [0.29, 0.717) is 29.8 Å². The molecular weight excluding hydrogens is 255 g/mol. The van der Waals surface area contributed by atoms with Crippen LogP contribution < -0.4 is 5.32 Å². The molecule has 2 aromatic rings. The molecule has 0 bridgehead atoms. The second kappa shape index (κ2) is 4.71. The largest absolute Gasteiger partial charge is 0.439 e. The Hall–Kier alpha value is -1.39. The summed E-state index contributed by atoms with van der Waals surface area (Å²) in [5, 5.41) is 3.37. The summed E-state index contributed by atoms with van der Waals surface area (Å²) in [7, 11) is 0. The minimum atomic E-state index is -0.455. The lowest BCUT2D eigenvalue weighted by atomic mass is 10.2. The molecule has 0 saturated heterocycles.